The standard InChI is InChI=1S/C23H24Cl2N4O.C2HF3O2/c1-14-12-22(29-21-5-3-2-4-18(14)21)26-15-6-8-16(9-7-15)27-23(30)28-17-10-11-19(24)20(25)13-17;3-2(4,5)1(6)7/h2-5,10-13,15-16H,6-9H2,1H3,(H,26,29)(H2,27,28,30);(H,6,7)/t15-,16+;. The Balaban J connectivity index is 0.000000479. The van der Waals surface area contributed by atoms with E-state index in [4.69, 9.17) is 38.1 Å². The van der Waals surface area contributed by atoms with Gasteiger partial charge in [-0.15, -0.1) is 0 Å². The van der Waals surface area contributed by atoms with Crippen LogP contribution in [0.4, 0.5) is 29.5 Å². The number of benzene rings is 2. The molecule has 1 aromatic heterocycles. The number of halogens is 5. The van der Waals surface area contributed by atoms with Crippen LogP contribution in [0.3, 0.4) is 0 Å². The lowest BCUT2D eigenvalue weighted by molar-refractivity contribution is -0.192. The van der Waals surface area contributed by atoms with E-state index in [2.05, 4.69) is 35.0 Å². The maximum absolute atomic E-state index is 12.3. The minimum absolute atomic E-state index is 0.150. The Kier molecular flexibility index (Phi) is 9.45. The largest absolute Gasteiger partial charge is 0.490 e. The number of amides is 2. The highest BCUT2D eigenvalue weighted by molar-refractivity contribution is 6.42. The molecule has 0 saturated heterocycles. The van der Waals surface area contributed by atoms with Crippen molar-refractivity contribution in [3.05, 3.63) is 64.1 Å². The number of carboxylic acid groups (broad SMARTS) is 1. The molecule has 0 aliphatic heterocycles. The third kappa shape index (κ3) is 8.40. The number of aromatic nitrogens is 1. The number of rotatable bonds is 4. The summed E-state index contributed by atoms with van der Waals surface area (Å²) >= 11 is 11.9. The lowest BCUT2D eigenvalue weighted by Gasteiger charge is -2.30. The average Bonchev–Trinajstić information content (AvgIpc) is 2.82. The summed E-state index contributed by atoms with van der Waals surface area (Å²) in [5.74, 6) is -1.84. The lowest BCUT2D eigenvalue weighted by atomic mass is 9.91. The fraction of sp³-hybridized carbons (Fsp3) is 0.320. The molecule has 1 heterocycles. The molecule has 4 rings (SSSR count). The molecule has 1 fully saturated rings. The summed E-state index contributed by atoms with van der Waals surface area (Å²) in [6, 6.07) is 15.6. The SMILES string of the molecule is Cc1cc(N[C@H]2CC[C@@H](NC(=O)Nc3ccc(Cl)c(Cl)c3)CC2)nc2ccccc12.O=C(O)C(F)(F)F. The quantitative estimate of drug-likeness (QED) is 0.276. The number of carbonyl (C=O) groups is 2. The zero-order valence-corrected chi connectivity index (χ0v) is 21.2. The van der Waals surface area contributed by atoms with Crippen molar-refractivity contribution in [1.82, 2.24) is 10.3 Å². The molecule has 1 aliphatic rings. The van der Waals surface area contributed by atoms with Crippen LogP contribution in [0.1, 0.15) is 31.2 Å². The molecule has 0 spiro atoms. The van der Waals surface area contributed by atoms with Gasteiger partial charge >= 0.3 is 18.2 Å². The van der Waals surface area contributed by atoms with E-state index in [0.717, 1.165) is 37.0 Å². The molecule has 0 radical (unpaired) electrons. The van der Waals surface area contributed by atoms with E-state index >= 15 is 0 Å². The van der Waals surface area contributed by atoms with Gasteiger partial charge in [0, 0.05) is 23.2 Å². The molecule has 2 amide bonds. The number of pyridine rings is 1. The first kappa shape index (κ1) is 28.3. The number of anilines is 2. The third-order valence-corrected chi connectivity index (χ3v) is 6.50. The van der Waals surface area contributed by atoms with Crippen molar-refractivity contribution >= 4 is 57.6 Å². The van der Waals surface area contributed by atoms with E-state index in [-0.39, 0.29) is 12.1 Å². The number of urea groups is 1. The zero-order chi connectivity index (χ0) is 27.2. The van der Waals surface area contributed by atoms with Crippen molar-refractivity contribution in [2.24, 2.45) is 0 Å². The Morgan fingerprint density at radius 2 is 1.59 bits per heavy atom. The van der Waals surface area contributed by atoms with Gasteiger partial charge in [-0.05, 0) is 68.5 Å². The molecule has 37 heavy (non-hydrogen) atoms. The van der Waals surface area contributed by atoms with Crippen LogP contribution in [0.25, 0.3) is 10.9 Å². The van der Waals surface area contributed by atoms with E-state index in [1.54, 1.807) is 18.2 Å². The number of nitrogens with zero attached hydrogens (tertiary/aromatic N) is 1. The van der Waals surface area contributed by atoms with Gasteiger partial charge in [-0.2, -0.15) is 13.2 Å². The van der Waals surface area contributed by atoms with Crippen molar-refractivity contribution < 1.29 is 27.9 Å². The fourth-order valence-electron chi connectivity index (χ4n) is 3.94. The van der Waals surface area contributed by atoms with Crippen LogP contribution in [0, 0.1) is 6.92 Å². The van der Waals surface area contributed by atoms with Gasteiger partial charge in [0.15, 0.2) is 0 Å². The molecule has 4 N–H and O–H groups in total. The number of carbonyl (C=O) groups excluding carboxylic acids is 1. The van der Waals surface area contributed by atoms with E-state index in [1.807, 2.05) is 18.2 Å². The monoisotopic (exact) mass is 556 g/mol. The summed E-state index contributed by atoms with van der Waals surface area (Å²) < 4.78 is 31.7. The number of hydrogen-bond donors (Lipinski definition) is 4. The summed E-state index contributed by atoms with van der Waals surface area (Å²) in [7, 11) is 0. The van der Waals surface area contributed by atoms with Crippen LogP contribution in [0.15, 0.2) is 48.5 Å². The molecule has 0 atom stereocenters. The number of hydrogen-bond acceptors (Lipinski definition) is 4. The molecular weight excluding hydrogens is 532 g/mol. The molecule has 7 nitrogen and oxygen atoms in total. The number of carboxylic acids is 1. The zero-order valence-electron chi connectivity index (χ0n) is 19.7. The van der Waals surface area contributed by atoms with Crippen LogP contribution in [0.2, 0.25) is 10.0 Å². The molecular formula is C25H25Cl2F3N4O3. The number of nitrogens with one attached hydrogen (secondary N) is 3. The third-order valence-electron chi connectivity index (χ3n) is 5.76. The first-order valence-electron chi connectivity index (χ1n) is 11.4. The first-order valence-corrected chi connectivity index (χ1v) is 12.1. The second-order valence-electron chi connectivity index (χ2n) is 8.56. The van der Waals surface area contributed by atoms with Gasteiger partial charge in [0.2, 0.25) is 0 Å². The number of para-hydroxylation sites is 1. The molecule has 12 heteroatoms. The maximum Gasteiger partial charge on any atom is 0.490 e. The minimum Gasteiger partial charge on any atom is -0.475 e. The van der Waals surface area contributed by atoms with E-state index in [0.29, 0.717) is 21.8 Å². The van der Waals surface area contributed by atoms with Crippen molar-refractivity contribution in [3.63, 3.8) is 0 Å². The summed E-state index contributed by atoms with van der Waals surface area (Å²) in [6.07, 6.45) is -1.30. The number of fused-ring (bicyclic) bond motifs is 1. The van der Waals surface area contributed by atoms with Crippen molar-refractivity contribution in [3.8, 4) is 0 Å². The van der Waals surface area contributed by atoms with Crippen LogP contribution >= 0.6 is 23.2 Å². The summed E-state index contributed by atoms with van der Waals surface area (Å²) in [5.41, 5.74) is 2.85. The fourth-order valence-corrected chi connectivity index (χ4v) is 4.24. The van der Waals surface area contributed by atoms with Gasteiger partial charge in [-0.3, -0.25) is 0 Å². The van der Waals surface area contributed by atoms with Crippen molar-refractivity contribution in [2.75, 3.05) is 10.6 Å². The van der Waals surface area contributed by atoms with Crippen molar-refractivity contribution in [1.29, 1.82) is 0 Å². The molecule has 0 bridgehead atoms. The number of aryl methyl sites for hydroxylation is 1. The van der Waals surface area contributed by atoms with Crippen LogP contribution < -0.4 is 16.0 Å². The normalized spacial score (nSPS) is 17.4. The number of alkyl halides is 3. The smallest absolute Gasteiger partial charge is 0.475 e. The van der Waals surface area contributed by atoms with Gasteiger partial charge in [0.1, 0.15) is 5.82 Å². The highest BCUT2D eigenvalue weighted by Crippen LogP contribution is 2.26. The maximum atomic E-state index is 12.3. The second-order valence-corrected chi connectivity index (χ2v) is 9.38. The lowest BCUT2D eigenvalue weighted by Crippen LogP contribution is -2.42. The van der Waals surface area contributed by atoms with Gasteiger partial charge in [0.25, 0.3) is 0 Å². The van der Waals surface area contributed by atoms with E-state index < -0.39 is 12.1 Å². The minimum atomic E-state index is -5.08. The Bertz CT molecular complexity index is 1270. The average molecular weight is 557 g/mol. The van der Waals surface area contributed by atoms with E-state index in [1.165, 1.54) is 10.9 Å². The molecule has 1 saturated carbocycles. The molecule has 3 aromatic rings. The summed E-state index contributed by atoms with van der Waals surface area (Å²) in [6.45, 7) is 2.11. The molecule has 1 aliphatic carbocycles. The topological polar surface area (TPSA) is 103 Å². The van der Waals surface area contributed by atoms with Gasteiger partial charge in [-0.1, -0.05) is 41.4 Å². The molecule has 0 unspecified atom stereocenters. The van der Waals surface area contributed by atoms with Crippen LogP contribution in [-0.2, 0) is 4.79 Å². The Hall–Kier alpha value is -3.24. The van der Waals surface area contributed by atoms with E-state index in [9.17, 15) is 18.0 Å². The summed E-state index contributed by atoms with van der Waals surface area (Å²) in [5, 5.41) is 18.6. The van der Waals surface area contributed by atoms with Crippen LogP contribution in [0.5, 0.6) is 0 Å². The number of aliphatic carboxylic acids is 1. The first-order chi connectivity index (χ1) is 17.4. The molecule has 198 valence electrons. The Labute approximate surface area is 221 Å². The van der Waals surface area contributed by atoms with Crippen LogP contribution in [-0.4, -0.2) is 40.4 Å². The highest BCUT2D eigenvalue weighted by Gasteiger charge is 2.38. The second kappa shape index (κ2) is 12.3. The van der Waals surface area contributed by atoms with Gasteiger partial charge < -0.3 is 21.1 Å². The predicted octanol–water partition coefficient (Wildman–Crippen LogP) is 7.03. The van der Waals surface area contributed by atoms with Gasteiger partial charge in [-0.25, -0.2) is 14.6 Å². The Morgan fingerprint density at radius 1 is 0.973 bits per heavy atom. The highest BCUT2D eigenvalue weighted by atomic mass is 35.5. The summed E-state index contributed by atoms with van der Waals surface area (Å²) in [4.78, 5) is 25.9. The predicted molar refractivity (Wildman–Crippen MR) is 138 cm³/mol. The van der Waals surface area contributed by atoms with Gasteiger partial charge in [0.05, 0.1) is 15.6 Å². The van der Waals surface area contributed by atoms with Crippen molar-refractivity contribution in [2.45, 2.75) is 50.9 Å². The molecule has 2 aromatic carbocycles. The Morgan fingerprint density at radius 3 is 2.22 bits per heavy atom.